The number of aliphatic imine (C=N–C) groups is 1. The van der Waals surface area contributed by atoms with Crippen LogP contribution in [0, 0.1) is 11.8 Å². The summed E-state index contributed by atoms with van der Waals surface area (Å²) in [7, 11) is 0. The molecule has 1 fully saturated rings. The van der Waals surface area contributed by atoms with Gasteiger partial charge in [0.1, 0.15) is 0 Å². The first-order valence-electron chi connectivity index (χ1n) is 8.32. The van der Waals surface area contributed by atoms with E-state index < -0.39 is 0 Å². The van der Waals surface area contributed by atoms with Gasteiger partial charge in [-0.3, -0.25) is 9.79 Å². The van der Waals surface area contributed by atoms with Gasteiger partial charge in [0.05, 0.1) is 6.54 Å². The third-order valence-electron chi connectivity index (χ3n) is 4.16. The average Bonchev–Trinajstić information content (AvgIpc) is 2.44. The highest BCUT2D eigenvalue weighted by atomic mass is 16.1. The first-order valence-corrected chi connectivity index (χ1v) is 8.32. The molecule has 0 spiro atoms. The Bertz CT molecular complexity index is 333. The zero-order valence-corrected chi connectivity index (χ0v) is 14.0. The number of hydrogen-bond donors (Lipinski definition) is 3. The fourth-order valence-corrected chi connectivity index (χ4v) is 2.84. The molecule has 1 saturated carbocycles. The Kier molecular flexibility index (Phi) is 8.16. The van der Waals surface area contributed by atoms with E-state index in [1.165, 1.54) is 32.6 Å². The smallest absolute Gasteiger partial charge is 0.216 e. The number of amides is 1. The van der Waals surface area contributed by atoms with Gasteiger partial charge < -0.3 is 16.0 Å². The van der Waals surface area contributed by atoms with Crippen LogP contribution < -0.4 is 16.0 Å². The highest BCUT2D eigenvalue weighted by Gasteiger charge is 2.23. The van der Waals surface area contributed by atoms with Crippen LogP contribution in [0.5, 0.6) is 0 Å². The Morgan fingerprint density at radius 2 is 1.86 bits per heavy atom. The maximum Gasteiger partial charge on any atom is 0.216 e. The van der Waals surface area contributed by atoms with E-state index in [0.29, 0.717) is 19.1 Å². The lowest BCUT2D eigenvalue weighted by Crippen LogP contribution is -2.45. The second-order valence-corrected chi connectivity index (χ2v) is 6.24. The molecule has 0 aromatic heterocycles. The van der Waals surface area contributed by atoms with Gasteiger partial charge in [-0.25, -0.2) is 0 Å². The van der Waals surface area contributed by atoms with Crippen molar-refractivity contribution in [2.24, 2.45) is 16.8 Å². The van der Waals surface area contributed by atoms with Gasteiger partial charge in [0.2, 0.25) is 5.91 Å². The van der Waals surface area contributed by atoms with Gasteiger partial charge in [-0.2, -0.15) is 0 Å². The zero-order chi connectivity index (χ0) is 15.7. The van der Waals surface area contributed by atoms with Gasteiger partial charge in [0.15, 0.2) is 5.96 Å². The first-order chi connectivity index (χ1) is 10.0. The largest absolute Gasteiger partial charge is 0.357 e. The number of carbonyl (C=O) groups excluding carboxylic acids is 1. The van der Waals surface area contributed by atoms with Crippen LogP contribution in [0.3, 0.4) is 0 Å². The topological polar surface area (TPSA) is 65.5 Å². The zero-order valence-electron chi connectivity index (χ0n) is 14.0. The molecule has 0 radical (unpaired) electrons. The third-order valence-corrected chi connectivity index (χ3v) is 4.16. The lowest BCUT2D eigenvalue weighted by atomic mass is 9.80. The molecule has 1 aliphatic carbocycles. The molecule has 1 rings (SSSR count). The maximum absolute atomic E-state index is 10.8. The first kappa shape index (κ1) is 17.8. The van der Waals surface area contributed by atoms with Crippen molar-refractivity contribution in [3.8, 4) is 0 Å². The van der Waals surface area contributed by atoms with E-state index in [-0.39, 0.29) is 5.91 Å². The molecule has 0 atom stereocenters. The SMILES string of the molecule is CCNC(=NCCNC(C)=O)NC1CCC(C(C)C)CC1. The summed E-state index contributed by atoms with van der Waals surface area (Å²) < 4.78 is 0. The van der Waals surface area contributed by atoms with Crippen molar-refractivity contribution < 1.29 is 4.79 Å². The van der Waals surface area contributed by atoms with E-state index in [0.717, 1.165) is 24.3 Å². The molecule has 21 heavy (non-hydrogen) atoms. The Morgan fingerprint density at radius 1 is 1.19 bits per heavy atom. The van der Waals surface area contributed by atoms with E-state index in [9.17, 15) is 4.79 Å². The molecule has 0 heterocycles. The Morgan fingerprint density at radius 3 is 2.38 bits per heavy atom. The highest BCUT2D eigenvalue weighted by molar-refractivity contribution is 5.80. The summed E-state index contributed by atoms with van der Waals surface area (Å²) in [5, 5.41) is 9.57. The quantitative estimate of drug-likeness (QED) is 0.398. The Hall–Kier alpha value is -1.26. The minimum Gasteiger partial charge on any atom is -0.357 e. The molecule has 0 unspecified atom stereocenters. The minimum atomic E-state index is -0.00447. The molecule has 3 N–H and O–H groups in total. The molecule has 0 aliphatic heterocycles. The van der Waals surface area contributed by atoms with Crippen LogP contribution in [-0.2, 0) is 4.79 Å². The molecular formula is C16H32N4O. The van der Waals surface area contributed by atoms with Crippen LogP contribution in [0.15, 0.2) is 4.99 Å². The normalized spacial score (nSPS) is 23.0. The summed E-state index contributed by atoms with van der Waals surface area (Å²) in [6.07, 6.45) is 5.05. The number of nitrogens with zero attached hydrogens (tertiary/aromatic N) is 1. The number of rotatable bonds is 6. The standard InChI is InChI=1S/C16H32N4O/c1-5-17-16(19-11-10-18-13(4)21)20-15-8-6-14(7-9-15)12(2)3/h12,14-15H,5-11H2,1-4H3,(H,18,21)(H2,17,19,20). The molecular weight excluding hydrogens is 264 g/mol. The molecule has 0 saturated heterocycles. The van der Waals surface area contributed by atoms with Gasteiger partial charge in [-0.05, 0) is 44.4 Å². The van der Waals surface area contributed by atoms with Crippen LogP contribution in [-0.4, -0.2) is 37.5 Å². The summed E-state index contributed by atoms with van der Waals surface area (Å²) in [5.74, 6) is 2.54. The molecule has 122 valence electrons. The lowest BCUT2D eigenvalue weighted by molar-refractivity contribution is -0.118. The van der Waals surface area contributed by atoms with Gasteiger partial charge >= 0.3 is 0 Å². The molecule has 0 aromatic carbocycles. The van der Waals surface area contributed by atoms with E-state index in [4.69, 9.17) is 0 Å². The van der Waals surface area contributed by atoms with Gasteiger partial charge in [-0.1, -0.05) is 13.8 Å². The molecule has 0 bridgehead atoms. The van der Waals surface area contributed by atoms with Crippen molar-refractivity contribution >= 4 is 11.9 Å². The van der Waals surface area contributed by atoms with Gasteiger partial charge in [0, 0.05) is 26.1 Å². The fraction of sp³-hybridized carbons (Fsp3) is 0.875. The van der Waals surface area contributed by atoms with Crippen molar-refractivity contribution in [1.29, 1.82) is 0 Å². The summed E-state index contributed by atoms with van der Waals surface area (Å²) in [6.45, 7) is 10.3. The van der Waals surface area contributed by atoms with Crippen LogP contribution in [0.2, 0.25) is 0 Å². The predicted octanol–water partition coefficient (Wildman–Crippen LogP) is 1.89. The van der Waals surface area contributed by atoms with Crippen LogP contribution in [0.25, 0.3) is 0 Å². The molecule has 0 aromatic rings. The van der Waals surface area contributed by atoms with Gasteiger partial charge in [0.25, 0.3) is 0 Å². The lowest BCUT2D eigenvalue weighted by Gasteiger charge is -2.32. The van der Waals surface area contributed by atoms with E-state index in [1.54, 1.807) is 0 Å². The molecule has 1 aliphatic rings. The number of guanidine groups is 1. The van der Waals surface area contributed by atoms with E-state index in [1.807, 2.05) is 0 Å². The van der Waals surface area contributed by atoms with Crippen LogP contribution in [0.1, 0.15) is 53.4 Å². The summed E-state index contributed by atoms with van der Waals surface area (Å²) in [6, 6.07) is 0.526. The van der Waals surface area contributed by atoms with E-state index >= 15 is 0 Å². The van der Waals surface area contributed by atoms with Crippen molar-refractivity contribution in [2.75, 3.05) is 19.6 Å². The summed E-state index contributed by atoms with van der Waals surface area (Å²) in [5.41, 5.74) is 0. The number of hydrogen-bond acceptors (Lipinski definition) is 2. The molecule has 5 heteroatoms. The van der Waals surface area contributed by atoms with Crippen LogP contribution in [0.4, 0.5) is 0 Å². The third kappa shape index (κ3) is 7.34. The van der Waals surface area contributed by atoms with Crippen molar-refractivity contribution in [1.82, 2.24) is 16.0 Å². The van der Waals surface area contributed by atoms with Crippen molar-refractivity contribution in [3.63, 3.8) is 0 Å². The van der Waals surface area contributed by atoms with Crippen molar-refractivity contribution in [3.05, 3.63) is 0 Å². The fourth-order valence-electron chi connectivity index (χ4n) is 2.84. The van der Waals surface area contributed by atoms with Crippen LogP contribution >= 0.6 is 0 Å². The monoisotopic (exact) mass is 296 g/mol. The van der Waals surface area contributed by atoms with E-state index in [2.05, 4.69) is 41.7 Å². The van der Waals surface area contributed by atoms with Crippen molar-refractivity contribution in [2.45, 2.75) is 59.4 Å². The highest BCUT2D eigenvalue weighted by Crippen LogP contribution is 2.29. The summed E-state index contributed by atoms with van der Waals surface area (Å²) >= 11 is 0. The number of nitrogens with one attached hydrogen (secondary N) is 3. The average molecular weight is 296 g/mol. The molecule has 5 nitrogen and oxygen atoms in total. The Balaban J connectivity index is 2.36. The minimum absolute atomic E-state index is 0.00447. The predicted molar refractivity (Wildman–Crippen MR) is 88.4 cm³/mol. The maximum atomic E-state index is 10.8. The van der Waals surface area contributed by atoms with Gasteiger partial charge in [-0.15, -0.1) is 0 Å². The molecule has 1 amide bonds. The second kappa shape index (κ2) is 9.64. The summed E-state index contributed by atoms with van der Waals surface area (Å²) in [4.78, 5) is 15.3. The second-order valence-electron chi connectivity index (χ2n) is 6.24. The number of carbonyl (C=O) groups is 1. The Labute approximate surface area is 129 Å².